The average Bonchev–Trinajstić information content (AvgIpc) is 2.89. The molecule has 0 amide bonds. The van der Waals surface area contributed by atoms with Crippen LogP contribution in [0.25, 0.3) is 0 Å². The minimum absolute atomic E-state index is 0.751. The molecule has 0 aliphatic carbocycles. The Morgan fingerprint density at radius 3 is 1.00 bits per heavy atom. The predicted molar refractivity (Wildman–Crippen MR) is 139 cm³/mol. The Labute approximate surface area is 208 Å². The third kappa shape index (κ3) is 2.98. The minimum atomic E-state index is -2.51. The number of hydrogen-bond acceptors (Lipinski definition) is 6. The molecule has 0 atom stereocenters. The fourth-order valence-electron chi connectivity index (χ4n) is 5.15. The molecule has 0 radical (unpaired) electrons. The third-order valence-corrected chi connectivity index (χ3v) is 19.7. The first-order chi connectivity index (χ1) is 16.5. The molecule has 8 heteroatoms. The van der Waals surface area contributed by atoms with Crippen LogP contribution in [0.2, 0.25) is 0 Å². The van der Waals surface area contributed by atoms with Crippen LogP contribution in [0, 0.1) is 6.16 Å². The van der Waals surface area contributed by atoms with Crippen molar-refractivity contribution >= 4 is 53.9 Å². The van der Waals surface area contributed by atoms with Gasteiger partial charge in [-0.1, -0.05) is 0 Å². The summed E-state index contributed by atoms with van der Waals surface area (Å²) in [7, 11) is 8.00. The van der Waals surface area contributed by atoms with E-state index in [1.807, 2.05) is 0 Å². The molecule has 178 valence electrons. The molecule has 3 aliphatic rings. The quantitative estimate of drug-likeness (QED) is 0.236. The molecule has 0 spiro atoms. The fourth-order valence-corrected chi connectivity index (χ4v) is 21.9. The Morgan fingerprint density at radius 2 is 0.765 bits per heavy atom. The summed E-state index contributed by atoms with van der Waals surface area (Å²) < 4.78 is 38.6. The average molecular weight is 589 g/mol. The molecule has 6 nitrogen and oxygen atoms in total. The number of methoxy groups -OCH3 is 6. The van der Waals surface area contributed by atoms with Crippen molar-refractivity contribution in [3.05, 3.63) is 42.6 Å². The van der Waals surface area contributed by atoms with Crippen molar-refractivity contribution in [2.24, 2.45) is 0 Å². The molecule has 0 unspecified atom stereocenters. The Kier molecular flexibility index (Phi) is 6.02. The molecule has 0 aromatic heterocycles. The van der Waals surface area contributed by atoms with Crippen LogP contribution in [0.5, 0.6) is 34.5 Å². The molecule has 3 heterocycles. The first kappa shape index (κ1) is 23.5. The van der Waals surface area contributed by atoms with Crippen molar-refractivity contribution in [1.29, 1.82) is 0 Å². The van der Waals surface area contributed by atoms with Gasteiger partial charge in [-0.05, 0) is 0 Å². The number of ether oxygens (including phenoxy) is 6. The van der Waals surface area contributed by atoms with E-state index in [1.54, 1.807) is 42.7 Å². The molecule has 6 rings (SSSR count). The van der Waals surface area contributed by atoms with Gasteiger partial charge in [-0.2, -0.15) is 0 Å². The maximum atomic E-state index is 5.75. The van der Waals surface area contributed by atoms with E-state index in [2.05, 4.69) is 49.5 Å². The third-order valence-electron chi connectivity index (χ3n) is 6.69. The topological polar surface area (TPSA) is 55.4 Å². The van der Waals surface area contributed by atoms with Gasteiger partial charge in [-0.25, -0.2) is 0 Å². The molecule has 0 saturated carbocycles. The van der Waals surface area contributed by atoms with E-state index in [9.17, 15) is 0 Å². The van der Waals surface area contributed by atoms with Gasteiger partial charge in [0.15, 0.2) is 0 Å². The summed E-state index contributed by atoms with van der Waals surface area (Å²) in [6.45, 7) is 2.16. The molecular formula is C26H28O6PSb. The van der Waals surface area contributed by atoms with Crippen molar-refractivity contribution in [2.75, 3.05) is 42.7 Å². The summed E-state index contributed by atoms with van der Waals surface area (Å²) in [5.41, 5.74) is 0. The van der Waals surface area contributed by atoms with Gasteiger partial charge in [-0.15, -0.1) is 0 Å². The Hall–Kier alpha value is -2.29. The molecular weight excluding hydrogens is 561 g/mol. The molecule has 0 N–H and O–H groups in total. The van der Waals surface area contributed by atoms with E-state index in [-0.39, 0.29) is 0 Å². The van der Waals surface area contributed by atoms with Gasteiger partial charge < -0.3 is 0 Å². The summed E-state index contributed by atoms with van der Waals surface area (Å²) in [6.07, 6.45) is 2.38. The number of benzene rings is 3. The summed E-state index contributed by atoms with van der Waals surface area (Å²) in [4.78, 5) is 0. The number of rotatable bonds is 7. The second kappa shape index (κ2) is 8.73. The van der Waals surface area contributed by atoms with Gasteiger partial charge in [0.1, 0.15) is 0 Å². The molecule has 3 aromatic rings. The maximum absolute atomic E-state index is 5.75. The van der Waals surface area contributed by atoms with E-state index in [0.29, 0.717) is 0 Å². The molecule has 34 heavy (non-hydrogen) atoms. The normalized spacial score (nSPS) is 14.6. The molecule has 2 bridgehead atoms. The van der Waals surface area contributed by atoms with Crippen LogP contribution in [0.4, 0.5) is 0 Å². The van der Waals surface area contributed by atoms with Crippen LogP contribution >= 0.6 is 7.26 Å². The van der Waals surface area contributed by atoms with Crippen molar-refractivity contribution < 1.29 is 28.4 Å². The van der Waals surface area contributed by atoms with Crippen LogP contribution < -0.4 is 54.9 Å². The molecule has 0 saturated heterocycles. The van der Waals surface area contributed by atoms with Crippen LogP contribution in [-0.4, -0.2) is 62.9 Å². The second-order valence-electron chi connectivity index (χ2n) is 7.90. The predicted octanol–water partition coefficient (Wildman–Crippen LogP) is 1.36. The van der Waals surface area contributed by atoms with Crippen molar-refractivity contribution in [1.82, 2.24) is 0 Å². The van der Waals surface area contributed by atoms with Crippen molar-refractivity contribution in [3.63, 3.8) is 0 Å². The van der Waals surface area contributed by atoms with Crippen LogP contribution in [-0.2, 0) is 0 Å². The zero-order valence-corrected chi connectivity index (χ0v) is 23.8. The second-order valence-corrected chi connectivity index (χ2v) is 17.4. The van der Waals surface area contributed by atoms with E-state index in [4.69, 9.17) is 28.4 Å². The molecule has 3 aromatic carbocycles. The molecule has 3 aliphatic heterocycles. The first-order valence-electron chi connectivity index (χ1n) is 10.8. The van der Waals surface area contributed by atoms with E-state index in [0.717, 1.165) is 34.5 Å². The Morgan fingerprint density at radius 1 is 0.500 bits per heavy atom. The Bertz CT molecular complexity index is 1140. The summed E-state index contributed by atoms with van der Waals surface area (Å²) in [5.74, 6) is 4.54. The van der Waals surface area contributed by atoms with Crippen LogP contribution in [0.1, 0.15) is 6.92 Å². The standard InChI is InChI=1S/C26H28O6P.Sb/c1-8-33(18-9-12-21(27-2)24(15-18)30-5,19-10-13-22(28-3)25(16-19)31-6)20-11-14-23(29-4)26(17-20)32-7;/h8,12-17H,1-7H3;. The van der Waals surface area contributed by atoms with E-state index < -0.39 is 27.5 Å². The summed E-state index contributed by atoms with van der Waals surface area (Å²) in [6, 6.07) is 13.2. The fraction of sp³-hybridized carbons (Fsp3) is 0.269. The van der Waals surface area contributed by atoms with Crippen molar-refractivity contribution in [2.45, 2.75) is 6.92 Å². The Balaban J connectivity index is 1.94. The monoisotopic (exact) mass is 588 g/mol. The van der Waals surface area contributed by atoms with Crippen LogP contribution in [0.3, 0.4) is 0 Å². The van der Waals surface area contributed by atoms with E-state index in [1.165, 1.54) is 26.4 Å². The first-order valence-corrected chi connectivity index (χ1v) is 16.5. The van der Waals surface area contributed by atoms with Crippen LogP contribution in [0.15, 0.2) is 36.4 Å². The van der Waals surface area contributed by atoms with Gasteiger partial charge in [0, 0.05) is 0 Å². The zero-order chi connectivity index (χ0) is 24.2. The van der Waals surface area contributed by atoms with Gasteiger partial charge in [0.25, 0.3) is 0 Å². The van der Waals surface area contributed by atoms with E-state index >= 15 is 0 Å². The molecule has 0 fully saturated rings. The van der Waals surface area contributed by atoms with Gasteiger partial charge in [-0.3, -0.25) is 0 Å². The van der Waals surface area contributed by atoms with Gasteiger partial charge in [0.2, 0.25) is 0 Å². The zero-order valence-electron chi connectivity index (χ0n) is 20.4. The van der Waals surface area contributed by atoms with Gasteiger partial charge in [0.05, 0.1) is 0 Å². The summed E-state index contributed by atoms with van der Waals surface area (Å²) >= 11 is -2.51. The van der Waals surface area contributed by atoms with Gasteiger partial charge >= 0.3 is 209 Å². The summed E-state index contributed by atoms with van der Waals surface area (Å²) in [5, 5.41) is 4.03. The van der Waals surface area contributed by atoms with Crippen molar-refractivity contribution in [3.8, 4) is 34.5 Å². The number of hydrogen-bond donors (Lipinski definition) is 0. The SMILES string of the molecule is C[CH-][P+]12c3cc(OC)c(OC)c[c]3[Sb]([c]3cc(OC)c(OC)cc31)[c]1cc(OC)c(OC)cc12.